The van der Waals surface area contributed by atoms with Crippen LogP contribution in [-0.2, 0) is 6.42 Å². The van der Waals surface area contributed by atoms with E-state index in [9.17, 15) is 0 Å². The zero-order valence-corrected chi connectivity index (χ0v) is 12.5. The van der Waals surface area contributed by atoms with Gasteiger partial charge in [0.2, 0.25) is 0 Å². The molecule has 0 spiro atoms. The Bertz CT molecular complexity index is 720. The monoisotopic (exact) mass is 283 g/mol. The van der Waals surface area contributed by atoms with Crippen LogP contribution in [-0.4, -0.2) is 17.0 Å². The van der Waals surface area contributed by atoms with Crippen LogP contribution in [0.4, 0.5) is 5.82 Å². The summed E-state index contributed by atoms with van der Waals surface area (Å²) in [7, 11) is 1.93. The van der Waals surface area contributed by atoms with E-state index in [0.29, 0.717) is 0 Å². The molecule has 3 rings (SSSR count). The first-order valence-corrected chi connectivity index (χ1v) is 7.71. The molecule has 20 heavy (non-hydrogen) atoms. The van der Waals surface area contributed by atoms with Crippen LogP contribution in [0, 0.1) is 0 Å². The Morgan fingerprint density at radius 1 is 1.25 bits per heavy atom. The van der Waals surface area contributed by atoms with Crippen molar-refractivity contribution < 1.29 is 0 Å². The summed E-state index contributed by atoms with van der Waals surface area (Å²) in [6, 6.07) is 8.59. The molecule has 0 radical (unpaired) electrons. The van der Waals surface area contributed by atoms with E-state index in [1.54, 1.807) is 11.3 Å². The first-order chi connectivity index (χ1) is 9.81. The van der Waals surface area contributed by atoms with Crippen LogP contribution in [0.5, 0.6) is 0 Å². The van der Waals surface area contributed by atoms with Crippen LogP contribution in [0.1, 0.15) is 18.9 Å². The lowest BCUT2D eigenvalue weighted by Gasteiger charge is -2.10. The van der Waals surface area contributed by atoms with Gasteiger partial charge in [0.15, 0.2) is 0 Å². The number of aromatic nitrogens is 2. The molecule has 0 aliphatic rings. The van der Waals surface area contributed by atoms with E-state index in [0.717, 1.165) is 34.7 Å². The fraction of sp³-hybridized carbons (Fsp3) is 0.250. The van der Waals surface area contributed by atoms with E-state index >= 15 is 0 Å². The van der Waals surface area contributed by atoms with Crippen molar-refractivity contribution in [2.24, 2.45) is 0 Å². The molecular weight excluding hydrogens is 266 g/mol. The van der Waals surface area contributed by atoms with Gasteiger partial charge in [0.05, 0.1) is 5.52 Å². The summed E-state index contributed by atoms with van der Waals surface area (Å²) in [6.07, 6.45) is 4.00. The lowest BCUT2D eigenvalue weighted by molar-refractivity contribution is 0.919. The van der Waals surface area contributed by atoms with E-state index in [1.165, 1.54) is 10.9 Å². The number of hydrogen-bond donors (Lipinski definition) is 1. The molecule has 3 nitrogen and oxygen atoms in total. The summed E-state index contributed by atoms with van der Waals surface area (Å²) in [4.78, 5) is 9.08. The molecule has 2 heterocycles. The number of aryl methyl sites for hydroxylation is 1. The number of nitrogens with zero attached hydrogens (tertiary/aromatic N) is 2. The molecule has 0 saturated carbocycles. The molecule has 0 amide bonds. The standard InChI is InChI=1S/C16H17N3S/c1-3-4-11-9-13-10-12(16-18-7-8-20-16)5-6-14(13)19-15(11)17-2/h5-10H,3-4H2,1-2H3,(H,17,19). The second kappa shape index (κ2) is 5.59. The highest BCUT2D eigenvalue weighted by atomic mass is 32.1. The third-order valence-electron chi connectivity index (χ3n) is 3.33. The predicted octanol–water partition coefficient (Wildman–Crippen LogP) is 4.35. The molecule has 0 saturated heterocycles. The lowest BCUT2D eigenvalue weighted by Crippen LogP contribution is -1.99. The number of benzene rings is 1. The highest BCUT2D eigenvalue weighted by Gasteiger charge is 2.07. The molecule has 0 fully saturated rings. The summed E-state index contributed by atoms with van der Waals surface area (Å²) in [5, 5.41) is 7.44. The van der Waals surface area contributed by atoms with Crippen molar-refractivity contribution >= 4 is 28.1 Å². The third kappa shape index (κ3) is 2.39. The topological polar surface area (TPSA) is 37.8 Å². The van der Waals surface area contributed by atoms with Crippen LogP contribution in [0.25, 0.3) is 21.5 Å². The van der Waals surface area contributed by atoms with Gasteiger partial charge in [0.25, 0.3) is 0 Å². The van der Waals surface area contributed by atoms with E-state index in [1.807, 2.05) is 18.6 Å². The Hall–Kier alpha value is -1.94. The van der Waals surface area contributed by atoms with Gasteiger partial charge >= 0.3 is 0 Å². The van der Waals surface area contributed by atoms with Crippen LogP contribution < -0.4 is 5.32 Å². The fourth-order valence-corrected chi connectivity index (χ4v) is 3.03. The fourth-order valence-electron chi connectivity index (χ4n) is 2.40. The second-order valence-electron chi connectivity index (χ2n) is 4.74. The molecule has 3 aromatic rings. The van der Waals surface area contributed by atoms with Gasteiger partial charge in [-0.25, -0.2) is 9.97 Å². The smallest absolute Gasteiger partial charge is 0.129 e. The molecule has 0 aliphatic carbocycles. The minimum Gasteiger partial charge on any atom is -0.373 e. The Balaban J connectivity index is 2.13. The van der Waals surface area contributed by atoms with Crippen molar-refractivity contribution in [1.29, 1.82) is 0 Å². The summed E-state index contributed by atoms with van der Waals surface area (Å²) < 4.78 is 0. The Morgan fingerprint density at radius 3 is 2.85 bits per heavy atom. The first kappa shape index (κ1) is 13.1. The van der Waals surface area contributed by atoms with Crippen LogP contribution in [0.15, 0.2) is 35.8 Å². The van der Waals surface area contributed by atoms with Gasteiger partial charge in [-0.3, -0.25) is 0 Å². The van der Waals surface area contributed by atoms with Gasteiger partial charge in [-0.2, -0.15) is 0 Å². The van der Waals surface area contributed by atoms with E-state index < -0.39 is 0 Å². The van der Waals surface area contributed by atoms with Gasteiger partial charge in [-0.15, -0.1) is 11.3 Å². The Kier molecular flexibility index (Phi) is 3.65. The normalized spacial score (nSPS) is 10.9. The molecule has 1 aromatic carbocycles. The predicted molar refractivity (Wildman–Crippen MR) is 86.4 cm³/mol. The maximum atomic E-state index is 4.71. The summed E-state index contributed by atoms with van der Waals surface area (Å²) in [5.41, 5.74) is 3.46. The van der Waals surface area contributed by atoms with Crippen molar-refractivity contribution in [3.63, 3.8) is 0 Å². The van der Waals surface area contributed by atoms with Crippen LogP contribution in [0.2, 0.25) is 0 Å². The molecular formula is C16H17N3S. The second-order valence-corrected chi connectivity index (χ2v) is 5.64. The van der Waals surface area contributed by atoms with Crippen molar-refractivity contribution in [2.75, 3.05) is 12.4 Å². The number of pyridine rings is 1. The van der Waals surface area contributed by atoms with Gasteiger partial charge in [0.1, 0.15) is 10.8 Å². The molecule has 102 valence electrons. The highest BCUT2D eigenvalue weighted by molar-refractivity contribution is 7.13. The number of thiazole rings is 1. The van der Waals surface area contributed by atoms with E-state index in [-0.39, 0.29) is 0 Å². The number of fused-ring (bicyclic) bond motifs is 1. The largest absolute Gasteiger partial charge is 0.373 e. The van der Waals surface area contributed by atoms with Crippen LogP contribution >= 0.6 is 11.3 Å². The highest BCUT2D eigenvalue weighted by Crippen LogP contribution is 2.28. The van der Waals surface area contributed by atoms with Gasteiger partial charge < -0.3 is 5.32 Å². The lowest BCUT2D eigenvalue weighted by atomic mass is 10.1. The van der Waals surface area contributed by atoms with Gasteiger partial charge in [0, 0.05) is 29.6 Å². The maximum absolute atomic E-state index is 4.71. The number of nitrogens with one attached hydrogen (secondary N) is 1. The first-order valence-electron chi connectivity index (χ1n) is 6.83. The van der Waals surface area contributed by atoms with Crippen molar-refractivity contribution in [3.05, 3.63) is 41.4 Å². The molecule has 4 heteroatoms. The van der Waals surface area contributed by atoms with Gasteiger partial charge in [-0.1, -0.05) is 13.3 Å². The maximum Gasteiger partial charge on any atom is 0.129 e. The molecule has 0 bridgehead atoms. The van der Waals surface area contributed by atoms with Crippen molar-refractivity contribution in [1.82, 2.24) is 9.97 Å². The van der Waals surface area contributed by atoms with E-state index in [4.69, 9.17) is 4.98 Å². The van der Waals surface area contributed by atoms with Crippen molar-refractivity contribution in [2.45, 2.75) is 19.8 Å². The zero-order chi connectivity index (χ0) is 13.9. The Morgan fingerprint density at radius 2 is 2.15 bits per heavy atom. The van der Waals surface area contributed by atoms with Gasteiger partial charge in [-0.05, 0) is 36.2 Å². The number of anilines is 1. The zero-order valence-electron chi connectivity index (χ0n) is 11.7. The minimum atomic E-state index is 0.987. The average Bonchev–Trinajstić information content (AvgIpc) is 3.00. The Labute approximate surface area is 122 Å². The number of hydrogen-bond acceptors (Lipinski definition) is 4. The minimum absolute atomic E-state index is 0.987. The summed E-state index contributed by atoms with van der Waals surface area (Å²) >= 11 is 1.66. The van der Waals surface area contributed by atoms with Crippen molar-refractivity contribution in [3.8, 4) is 10.6 Å². The summed E-state index contributed by atoms with van der Waals surface area (Å²) in [6.45, 7) is 2.19. The molecule has 0 atom stereocenters. The molecule has 1 N–H and O–H groups in total. The summed E-state index contributed by atoms with van der Waals surface area (Å²) in [5.74, 6) is 0.987. The third-order valence-corrected chi connectivity index (χ3v) is 4.15. The van der Waals surface area contributed by atoms with E-state index in [2.05, 4.69) is 41.5 Å². The quantitative estimate of drug-likeness (QED) is 0.773. The average molecular weight is 283 g/mol. The molecule has 0 aliphatic heterocycles. The van der Waals surface area contributed by atoms with Crippen LogP contribution in [0.3, 0.4) is 0 Å². The number of rotatable bonds is 4. The molecule has 0 unspecified atom stereocenters. The molecule has 2 aromatic heterocycles. The SMILES string of the molecule is CCCc1cc2cc(-c3nccs3)ccc2nc1NC.